The minimum Gasteiger partial charge on any atom is -0.373 e. The molecule has 0 amide bonds. The monoisotopic (exact) mass is 266 g/mol. The SMILES string of the molecule is CSc1ccc(N2CC3OCCN(C)C3C2)nn1. The molecular weight excluding hydrogens is 248 g/mol. The van der Waals surface area contributed by atoms with Gasteiger partial charge in [0.1, 0.15) is 5.03 Å². The number of fused-ring (bicyclic) bond motifs is 1. The zero-order valence-electron chi connectivity index (χ0n) is 10.7. The molecule has 3 heterocycles. The Hall–Kier alpha value is -0.850. The van der Waals surface area contributed by atoms with Gasteiger partial charge in [0.05, 0.1) is 18.8 Å². The highest BCUT2D eigenvalue weighted by atomic mass is 32.2. The number of hydrogen-bond acceptors (Lipinski definition) is 6. The largest absolute Gasteiger partial charge is 0.373 e. The minimum atomic E-state index is 0.311. The maximum atomic E-state index is 5.83. The first-order valence-corrected chi connectivity index (χ1v) is 7.45. The molecule has 2 unspecified atom stereocenters. The molecule has 98 valence electrons. The molecule has 1 aromatic heterocycles. The van der Waals surface area contributed by atoms with Crippen molar-refractivity contribution < 1.29 is 4.74 Å². The van der Waals surface area contributed by atoms with Crippen molar-refractivity contribution in [3.05, 3.63) is 12.1 Å². The highest BCUT2D eigenvalue weighted by molar-refractivity contribution is 7.98. The normalized spacial score (nSPS) is 28.4. The van der Waals surface area contributed by atoms with Crippen molar-refractivity contribution >= 4 is 17.6 Å². The van der Waals surface area contributed by atoms with Crippen molar-refractivity contribution in [3.8, 4) is 0 Å². The van der Waals surface area contributed by atoms with Crippen LogP contribution in [-0.4, -0.2) is 66.8 Å². The van der Waals surface area contributed by atoms with Crippen molar-refractivity contribution in [2.45, 2.75) is 17.2 Å². The van der Waals surface area contributed by atoms with Crippen LogP contribution in [-0.2, 0) is 4.74 Å². The lowest BCUT2D eigenvalue weighted by molar-refractivity contribution is -0.0362. The Morgan fingerprint density at radius 3 is 2.89 bits per heavy atom. The van der Waals surface area contributed by atoms with Crippen LogP contribution >= 0.6 is 11.8 Å². The molecule has 2 fully saturated rings. The molecule has 0 aromatic carbocycles. The predicted octanol–water partition coefficient (Wildman–Crippen LogP) is 0.718. The first-order valence-electron chi connectivity index (χ1n) is 6.22. The van der Waals surface area contributed by atoms with Crippen molar-refractivity contribution in [3.63, 3.8) is 0 Å². The quantitative estimate of drug-likeness (QED) is 0.735. The Labute approximate surface area is 112 Å². The van der Waals surface area contributed by atoms with Crippen LogP contribution in [0.4, 0.5) is 5.82 Å². The second kappa shape index (κ2) is 5.03. The molecule has 0 aliphatic carbocycles. The van der Waals surface area contributed by atoms with E-state index in [-0.39, 0.29) is 0 Å². The van der Waals surface area contributed by atoms with Crippen molar-refractivity contribution in [1.29, 1.82) is 0 Å². The highest BCUT2D eigenvalue weighted by Crippen LogP contribution is 2.25. The summed E-state index contributed by atoms with van der Waals surface area (Å²) in [6, 6.07) is 4.57. The van der Waals surface area contributed by atoms with Crippen LogP contribution in [0, 0.1) is 0 Å². The number of likely N-dealkylation sites (N-methyl/N-ethyl adjacent to an activating group) is 1. The number of morpholine rings is 1. The van der Waals surface area contributed by atoms with Crippen LogP contribution in [0.3, 0.4) is 0 Å². The summed E-state index contributed by atoms with van der Waals surface area (Å²) in [6.45, 7) is 3.76. The smallest absolute Gasteiger partial charge is 0.151 e. The van der Waals surface area contributed by atoms with Gasteiger partial charge in [0.15, 0.2) is 5.82 Å². The molecule has 6 heteroatoms. The number of hydrogen-bond donors (Lipinski definition) is 0. The lowest BCUT2D eigenvalue weighted by atomic mass is 10.1. The van der Waals surface area contributed by atoms with E-state index in [1.807, 2.05) is 12.3 Å². The molecule has 2 saturated heterocycles. The lowest BCUT2D eigenvalue weighted by Gasteiger charge is -2.33. The van der Waals surface area contributed by atoms with E-state index in [1.54, 1.807) is 11.8 Å². The van der Waals surface area contributed by atoms with E-state index in [2.05, 4.69) is 33.1 Å². The van der Waals surface area contributed by atoms with Crippen LogP contribution in [0.25, 0.3) is 0 Å². The van der Waals surface area contributed by atoms with Crippen molar-refractivity contribution in [1.82, 2.24) is 15.1 Å². The van der Waals surface area contributed by atoms with Crippen LogP contribution in [0.1, 0.15) is 0 Å². The summed E-state index contributed by atoms with van der Waals surface area (Å²) in [5.41, 5.74) is 0. The maximum absolute atomic E-state index is 5.83. The molecule has 0 N–H and O–H groups in total. The maximum Gasteiger partial charge on any atom is 0.151 e. The molecule has 2 atom stereocenters. The summed E-state index contributed by atoms with van der Waals surface area (Å²) >= 11 is 1.62. The Kier molecular flexibility index (Phi) is 3.41. The van der Waals surface area contributed by atoms with Gasteiger partial charge < -0.3 is 9.64 Å². The van der Waals surface area contributed by atoms with Crippen LogP contribution in [0.5, 0.6) is 0 Å². The van der Waals surface area contributed by atoms with E-state index in [9.17, 15) is 0 Å². The van der Waals surface area contributed by atoms with Crippen molar-refractivity contribution in [2.75, 3.05) is 44.4 Å². The summed E-state index contributed by atoms with van der Waals surface area (Å²) in [6.07, 6.45) is 2.32. The van der Waals surface area contributed by atoms with Gasteiger partial charge in [-0.1, -0.05) is 0 Å². The Bertz CT molecular complexity index is 413. The third-order valence-electron chi connectivity index (χ3n) is 3.74. The molecule has 3 rings (SSSR count). The number of ether oxygens (including phenoxy) is 1. The zero-order valence-corrected chi connectivity index (χ0v) is 11.6. The summed E-state index contributed by atoms with van der Waals surface area (Å²) in [7, 11) is 2.17. The summed E-state index contributed by atoms with van der Waals surface area (Å²) < 4.78 is 5.83. The standard InChI is InChI=1S/C12H18N4OS/c1-15-5-6-17-10-8-16(7-9(10)15)11-3-4-12(18-2)14-13-11/h3-4,9-10H,5-8H2,1-2H3. The van der Waals surface area contributed by atoms with E-state index in [0.29, 0.717) is 12.1 Å². The first kappa shape index (κ1) is 12.2. The van der Waals surface area contributed by atoms with E-state index in [0.717, 1.165) is 37.1 Å². The Morgan fingerprint density at radius 2 is 2.22 bits per heavy atom. The van der Waals surface area contributed by atoms with Gasteiger partial charge in [0.25, 0.3) is 0 Å². The lowest BCUT2D eigenvalue weighted by Crippen LogP contribution is -2.48. The Morgan fingerprint density at radius 1 is 1.33 bits per heavy atom. The predicted molar refractivity (Wildman–Crippen MR) is 72.2 cm³/mol. The van der Waals surface area contributed by atoms with Gasteiger partial charge in [-0.25, -0.2) is 0 Å². The molecule has 0 bridgehead atoms. The third-order valence-corrected chi connectivity index (χ3v) is 4.37. The summed E-state index contributed by atoms with van der Waals surface area (Å²) in [5, 5.41) is 9.45. The molecule has 0 spiro atoms. The average molecular weight is 266 g/mol. The molecular formula is C12H18N4OS. The topological polar surface area (TPSA) is 41.5 Å². The van der Waals surface area contributed by atoms with E-state index in [4.69, 9.17) is 4.74 Å². The van der Waals surface area contributed by atoms with Crippen LogP contribution < -0.4 is 4.90 Å². The molecule has 0 saturated carbocycles. The molecule has 18 heavy (non-hydrogen) atoms. The van der Waals surface area contributed by atoms with E-state index >= 15 is 0 Å². The van der Waals surface area contributed by atoms with Gasteiger partial charge in [0.2, 0.25) is 0 Å². The van der Waals surface area contributed by atoms with Gasteiger partial charge in [0, 0.05) is 19.6 Å². The van der Waals surface area contributed by atoms with Gasteiger partial charge in [-0.2, -0.15) is 0 Å². The molecule has 1 aromatic rings. The second-order valence-corrected chi connectivity index (χ2v) is 5.62. The van der Waals surface area contributed by atoms with Crippen LogP contribution in [0.2, 0.25) is 0 Å². The van der Waals surface area contributed by atoms with Gasteiger partial charge in [-0.3, -0.25) is 4.90 Å². The fraction of sp³-hybridized carbons (Fsp3) is 0.667. The third kappa shape index (κ3) is 2.20. The molecule has 5 nitrogen and oxygen atoms in total. The van der Waals surface area contributed by atoms with Crippen LogP contribution in [0.15, 0.2) is 17.2 Å². The van der Waals surface area contributed by atoms with Crippen molar-refractivity contribution in [2.24, 2.45) is 0 Å². The molecule has 0 radical (unpaired) electrons. The van der Waals surface area contributed by atoms with E-state index in [1.165, 1.54) is 0 Å². The summed E-state index contributed by atoms with van der Waals surface area (Å²) in [4.78, 5) is 4.66. The summed E-state index contributed by atoms with van der Waals surface area (Å²) in [5.74, 6) is 0.958. The number of anilines is 1. The fourth-order valence-electron chi connectivity index (χ4n) is 2.64. The molecule has 2 aliphatic rings. The molecule has 2 aliphatic heterocycles. The van der Waals surface area contributed by atoms with Gasteiger partial charge >= 0.3 is 0 Å². The number of nitrogens with zero attached hydrogens (tertiary/aromatic N) is 4. The van der Waals surface area contributed by atoms with Gasteiger partial charge in [-0.15, -0.1) is 22.0 Å². The zero-order chi connectivity index (χ0) is 12.5. The second-order valence-electron chi connectivity index (χ2n) is 4.80. The number of rotatable bonds is 2. The minimum absolute atomic E-state index is 0.311. The number of aromatic nitrogens is 2. The fourth-order valence-corrected chi connectivity index (χ4v) is 2.96. The first-order chi connectivity index (χ1) is 8.78. The highest BCUT2D eigenvalue weighted by Gasteiger charge is 2.39. The van der Waals surface area contributed by atoms with Gasteiger partial charge in [-0.05, 0) is 25.4 Å². The number of thioether (sulfide) groups is 1. The van der Waals surface area contributed by atoms with E-state index < -0.39 is 0 Å². The Balaban J connectivity index is 1.74. The average Bonchev–Trinajstić information content (AvgIpc) is 2.84.